The molecule has 0 spiro atoms. The Balaban J connectivity index is -0.00000000533. The molecular formula is C4H9Cl5HfMg. The Morgan fingerprint density at radius 2 is 1.18 bits per heavy atom. The number of hydrogen-bond donors (Lipinski definition) is 0. The molecule has 0 aliphatic rings. The van der Waals surface area contributed by atoms with Crippen LogP contribution >= 0.6 is 0 Å². The van der Waals surface area contributed by atoms with Crippen LogP contribution < -0.4 is 62.0 Å². The van der Waals surface area contributed by atoms with Crippen LogP contribution in [0.3, 0.4) is 0 Å². The van der Waals surface area contributed by atoms with Crippen molar-refractivity contribution < 1.29 is 87.9 Å². The molecule has 0 saturated carbocycles. The molecule has 0 saturated heterocycles. The van der Waals surface area contributed by atoms with Gasteiger partial charge < -0.3 is 62.0 Å². The fourth-order valence-corrected chi connectivity index (χ4v) is 0.750. The van der Waals surface area contributed by atoms with E-state index in [9.17, 15) is 0 Å². The van der Waals surface area contributed by atoms with Crippen molar-refractivity contribution in [1.82, 2.24) is 0 Å². The molecule has 0 unspecified atom stereocenters. The largest absolute Gasteiger partial charge is 4.00 e. The van der Waals surface area contributed by atoms with E-state index in [0.717, 1.165) is 0 Å². The maximum atomic E-state index is 2.22. The van der Waals surface area contributed by atoms with E-state index in [0.29, 0.717) is 0 Å². The van der Waals surface area contributed by atoms with Crippen molar-refractivity contribution in [2.24, 2.45) is 0 Å². The van der Waals surface area contributed by atoms with Crippen LogP contribution in [0.1, 0.15) is 19.8 Å². The van der Waals surface area contributed by atoms with E-state index in [1.54, 1.807) is 0 Å². The molecule has 0 aromatic carbocycles. The topological polar surface area (TPSA) is 0 Å². The fraction of sp³-hybridized carbons (Fsp3) is 1.00. The quantitative estimate of drug-likeness (QED) is 0.377. The van der Waals surface area contributed by atoms with E-state index < -0.39 is 0 Å². The van der Waals surface area contributed by atoms with Gasteiger partial charge >= 0.3 is 71.9 Å². The standard InChI is InChI=1S/C4H9.5ClH.Hf.Mg/c1-3-4-2;;;;;;;/h1,3-4H2,2H3;5*1H;;/q;;;;;;+4;+1/p-5. The molecule has 66 valence electrons. The Morgan fingerprint density at radius 1 is 0.909 bits per heavy atom. The maximum absolute atomic E-state index is 2.22. The van der Waals surface area contributed by atoms with Crippen molar-refractivity contribution >= 4 is 21.7 Å². The molecule has 0 heterocycles. The van der Waals surface area contributed by atoms with Crippen molar-refractivity contribution in [2.45, 2.75) is 24.3 Å². The Labute approximate surface area is 132 Å². The van der Waals surface area contributed by atoms with Gasteiger partial charge in [-0.2, -0.15) is 0 Å². The maximum Gasteiger partial charge on any atom is 4.00 e. The first-order valence-corrected chi connectivity index (χ1v) is 3.21. The first-order valence-electron chi connectivity index (χ1n) is 2.21. The Morgan fingerprint density at radius 3 is 1.18 bits per heavy atom. The van der Waals surface area contributed by atoms with Gasteiger partial charge in [0.1, 0.15) is 0 Å². The minimum absolute atomic E-state index is 0. The van der Waals surface area contributed by atoms with Gasteiger partial charge in [0.05, 0.1) is 0 Å². The second kappa shape index (κ2) is 51.6. The van der Waals surface area contributed by atoms with Crippen LogP contribution in [0.2, 0.25) is 4.55 Å². The minimum Gasteiger partial charge on any atom is -1.00 e. The summed E-state index contributed by atoms with van der Waals surface area (Å²) in [6.07, 6.45) is 2.75. The van der Waals surface area contributed by atoms with Gasteiger partial charge in [0.15, 0.2) is 0 Å². The molecule has 0 atom stereocenters. The summed E-state index contributed by atoms with van der Waals surface area (Å²) in [6, 6.07) is 0. The number of halogens is 5. The van der Waals surface area contributed by atoms with E-state index in [1.807, 2.05) is 21.7 Å². The van der Waals surface area contributed by atoms with Crippen molar-refractivity contribution in [2.75, 3.05) is 0 Å². The summed E-state index contributed by atoms with van der Waals surface area (Å²) in [5.41, 5.74) is 0. The molecule has 0 radical (unpaired) electrons. The van der Waals surface area contributed by atoms with Crippen LogP contribution in [0.15, 0.2) is 0 Å². The first-order chi connectivity index (χ1) is 2.41. The molecule has 0 aliphatic heterocycles. The molecule has 0 rings (SSSR count). The molecular weight excluding hydrogens is 428 g/mol. The van der Waals surface area contributed by atoms with Gasteiger partial charge in [0.2, 0.25) is 0 Å². The average molecular weight is 437 g/mol. The SMILES string of the molecule is CCC[CH2][Mg+].[Cl-].[Cl-].[Cl-].[Cl-].[Cl-].[Hf+4]. The second-order valence-corrected chi connectivity index (χ2v) is 1.91. The van der Waals surface area contributed by atoms with Crippen molar-refractivity contribution in [3.05, 3.63) is 0 Å². The van der Waals surface area contributed by atoms with Crippen LogP contribution in [-0.4, -0.2) is 21.7 Å². The zero-order valence-corrected chi connectivity index (χ0v) is 15.0. The van der Waals surface area contributed by atoms with Gasteiger partial charge in [0, 0.05) is 0 Å². The fourth-order valence-electron chi connectivity index (χ4n) is 0.250. The summed E-state index contributed by atoms with van der Waals surface area (Å²) in [6.45, 7) is 2.22. The van der Waals surface area contributed by atoms with Gasteiger partial charge in [0.25, 0.3) is 0 Å². The second-order valence-electron chi connectivity index (χ2n) is 1.21. The van der Waals surface area contributed by atoms with Crippen molar-refractivity contribution in [3.8, 4) is 0 Å². The first kappa shape index (κ1) is 48.0. The van der Waals surface area contributed by atoms with E-state index >= 15 is 0 Å². The molecule has 0 N–H and O–H groups in total. The summed E-state index contributed by atoms with van der Waals surface area (Å²) in [5.74, 6) is 0. The molecule has 7 heteroatoms. The molecule has 0 fully saturated rings. The monoisotopic (exact) mass is 436 g/mol. The summed E-state index contributed by atoms with van der Waals surface area (Å²) in [5, 5.41) is 0. The summed E-state index contributed by atoms with van der Waals surface area (Å²) in [4.78, 5) is 0. The minimum atomic E-state index is 0. The van der Waals surface area contributed by atoms with Crippen LogP contribution in [0, 0.1) is 0 Å². The van der Waals surface area contributed by atoms with Crippen molar-refractivity contribution in [3.63, 3.8) is 0 Å². The third-order valence-electron chi connectivity index (χ3n) is 0.604. The van der Waals surface area contributed by atoms with Crippen LogP contribution in [0.5, 0.6) is 0 Å². The molecule has 0 nitrogen and oxygen atoms in total. The summed E-state index contributed by atoms with van der Waals surface area (Å²) >= 11 is 2.05. The molecule has 0 aromatic heterocycles. The predicted octanol–water partition coefficient (Wildman–Crippen LogP) is -13.6. The molecule has 11 heavy (non-hydrogen) atoms. The van der Waals surface area contributed by atoms with Gasteiger partial charge in [-0.1, -0.05) is 0 Å². The van der Waals surface area contributed by atoms with Crippen LogP contribution in [-0.2, 0) is 25.8 Å². The van der Waals surface area contributed by atoms with Gasteiger partial charge in [-0.3, -0.25) is 0 Å². The Bertz CT molecular complexity index is 26.0. The number of hydrogen-bond acceptors (Lipinski definition) is 0. The van der Waals surface area contributed by atoms with E-state index in [-0.39, 0.29) is 87.9 Å². The molecule has 0 aromatic rings. The number of rotatable bonds is 2. The van der Waals surface area contributed by atoms with E-state index in [1.165, 1.54) is 17.4 Å². The Kier molecular flexibility index (Phi) is 225. The third kappa shape index (κ3) is 62.2. The predicted molar refractivity (Wildman–Crippen MR) is 25.5 cm³/mol. The van der Waals surface area contributed by atoms with Gasteiger partial charge in [-0.25, -0.2) is 0 Å². The zero-order chi connectivity index (χ0) is 4.12. The van der Waals surface area contributed by atoms with Crippen LogP contribution in [0.25, 0.3) is 0 Å². The van der Waals surface area contributed by atoms with E-state index in [4.69, 9.17) is 0 Å². The Hall–Kier alpha value is 3.09. The zero-order valence-electron chi connectivity index (χ0n) is 6.22. The van der Waals surface area contributed by atoms with Gasteiger partial charge in [-0.15, -0.1) is 0 Å². The smallest absolute Gasteiger partial charge is 1.00 e. The average Bonchev–Trinajstić information content (AvgIpc) is 1.41. The number of unbranched alkanes of at least 4 members (excludes halogenated alkanes) is 1. The normalized spacial score (nSPS) is 3.91. The molecule has 0 aliphatic carbocycles. The summed E-state index contributed by atoms with van der Waals surface area (Å²) in [7, 11) is 0. The summed E-state index contributed by atoms with van der Waals surface area (Å²) < 4.78 is 1.37. The third-order valence-corrected chi connectivity index (χ3v) is 1.10. The molecule has 0 bridgehead atoms. The van der Waals surface area contributed by atoms with Gasteiger partial charge in [-0.05, 0) is 0 Å². The van der Waals surface area contributed by atoms with Crippen LogP contribution in [0.4, 0.5) is 0 Å². The molecule has 0 amide bonds. The van der Waals surface area contributed by atoms with Crippen molar-refractivity contribution in [1.29, 1.82) is 0 Å². The van der Waals surface area contributed by atoms with E-state index in [2.05, 4.69) is 6.92 Å².